The van der Waals surface area contributed by atoms with Crippen LogP contribution < -0.4 is 10.6 Å². The maximum Gasteiger partial charge on any atom is 0.416 e. The van der Waals surface area contributed by atoms with Gasteiger partial charge in [-0.2, -0.15) is 18.4 Å². The third-order valence-corrected chi connectivity index (χ3v) is 7.55. The van der Waals surface area contributed by atoms with Gasteiger partial charge in [0.2, 0.25) is 5.91 Å². The highest BCUT2D eigenvalue weighted by molar-refractivity contribution is 5.80. The smallest absolute Gasteiger partial charge is 0.416 e. The zero-order valence-corrected chi connectivity index (χ0v) is 21.6. The number of fused-ring (bicyclic) bond motifs is 3. The number of alkyl halides is 3. The van der Waals surface area contributed by atoms with Gasteiger partial charge in [0, 0.05) is 25.2 Å². The third kappa shape index (κ3) is 5.78. The van der Waals surface area contributed by atoms with Crippen LogP contribution in [-0.4, -0.2) is 45.9 Å². The van der Waals surface area contributed by atoms with Gasteiger partial charge in [-0.05, 0) is 56.9 Å². The van der Waals surface area contributed by atoms with Gasteiger partial charge in [-0.15, -0.1) is 0 Å². The second-order valence-corrected chi connectivity index (χ2v) is 10.3. The lowest BCUT2D eigenvalue weighted by Crippen LogP contribution is -2.61. The van der Waals surface area contributed by atoms with Crippen LogP contribution in [0.15, 0.2) is 30.7 Å². The highest BCUT2D eigenvalue weighted by atomic mass is 19.4. The second kappa shape index (κ2) is 10.4. The number of hydrogen-bond donors (Lipinski definition) is 2. The van der Waals surface area contributed by atoms with Crippen LogP contribution in [-0.2, 0) is 26.9 Å². The Labute approximate surface area is 224 Å². The van der Waals surface area contributed by atoms with E-state index in [0.717, 1.165) is 51.0 Å². The standard InChI is InChI=1S/C27H29F3N6O3/c1-16(19-11-18(15-31)12-20(13-19)27(28,29)30)32-24-23(25-38-9-10-39-25)21(33-17(2)34-24)14-22(37)35-26-3-6-36(7-4-26)8-5-26/h9-13,16,25H,3-8,14H2,1-2H3,(H,35,37)(H,32,33,34)/t16-/m1/s1. The van der Waals surface area contributed by atoms with Gasteiger partial charge in [-0.3, -0.25) is 4.79 Å². The van der Waals surface area contributed by atoms with Gasteiger partial charge in [0.1, 0.15) is 24.2 Å². The summed E-state index contributed by atoms with van der Waals surface area (Å²) >= 11 is 0. The quantitative estimate of drug-likeness (QED) is 0.534. The van der Waals surface area contributed by atoms with E-state index in [1.807, 2.05) is 0 Å². The second-order valence-electron chi connectivity index (χ2n) is 10.3. The number of hydrogen-bond acceptors (Lipinski definition) is 8. The summed E-state index contributed by atoms with van der Waals surface area (Å²) in [5, 5.41) is 15.7. The number of carbonyl (C=O) groups is 1. The normalized spacial score (nSPS) is 23.0. The molecule has 1 aromatic carbocycles. The van der Waals surface area contributed by atoms with Gasteiger partial charge >= 0.3 is 6.18 Å². The number of aromatic nitrogens is 2. The lowest BCUT2D eigenvalue weighted by Gasteiger charge is -2.48. The summed E-state index contributed by atoms with van der Waals surface area (Å²) in [6, 6.07) is 4.31. The van der Waals surface area contributed by atoms with Crippen LogP contribution in [0.4, 0.5) is 19.0 Å². The fourth-order valence-corrected chi connectivity index (χ4v) is 5.43. The van der Waals surface area contributed by atoms with Crippen molar-refractivity contribution in [2.24, 2.45) is 0 Å². The van der Waals surface area contributed by atoms with Crippen LogP contribution in [0.2, 0.25) is 0 Å². The highest BCUT2D eigenvalue weighted by Crippen LogP contribution is 2.36. The molecule has 6 rings (SSSR count). The molecule has 0 spiro atoms. The highest BCUT2D eigenvalue weighted by Gasteiger charge is 2.40. The zero-order chi connectivity index (χ0) is 27.8. The van der Waals surface area contributed by atoms with E-state index in [0.29, 0.717) is 17.1 Å². The number of nitrogens with zero attached hydrogens (tertiary/aromatic N) is 4. The van der Waals surface area contributed by atoms with Crippen molar-refractivity contribution in [3.63, 3.8) is 0 Å². The predicted molar refractivity (Wildman–Crippen MR) is 134 cm³/mol. The van der Waals surface area contributed by atoms with Crippen molar-refractivity contribution in [2.45, 2.75) is 63.6 Å². The van der Waals surface area contributed by atoms with E-state index < -0.39 is 24.1 Å². The number of anilines is 1. The Morgan fingerprint density at radius 1 is 1.18 bits per heavy atom. The predicted octanol–water partition coefficient (Wildman–Crippen LogP) is 4.26. The van der Waals surface area contributed by atoms with Crippen molar-refractivity contribution in [3.8, 4) is 6.07 Å². The molecule has 39 heavy (non-hydrogen) atoms. The summed E-state index contributed by atoms with van der Waals surface area (Å²) in [6.45, 7) is 6.21. The number of nitrogens with one attached hydrogen (secondary N) is 2. The Kier molecular flexibility index (Phi) is 7.11. The monoisotopic (exact) mass is 542 g/mol. The van der Waals surface area contributed by atoms with E-state index in [9.17, 15) is 23.2 Å². The lowest BCUT2D eigenvalue weighted by molar-refractivity contribution is -0.137. The average Bonchev–Trinajstić information content (AvgIpc) is 3.42. The van der Waals surface area contributed by atoms with Crippen molar-refractivity contribution in [1.82, 2.24) is 20.2 Å². The molecule has 0 unspecified atom stereocenters. The van der Waals surface area contributed by atoms with E-state index in [-0.39, 0.29) is 34.8 Å². The van der Waals surface area contributed by atoms with Crippen molar-refractivity contribution in [2.75, 3.05) is 25.0 Å². The Hall–Kier alpha value is -3.85. The molecule has 2 N–H and O–H groups in total. The van der Waals surface area contributed by atoms with Gasteiger partial charge in [-0.25, -0.2) is 9.97 Å². The first-order chi connectivity index (χ1) is 18.5. The molecule has 0 saturated carbocycles. The van der Waals surface area contributed by atoms with Gasteiger partial charge in [0.15, 0.2) is 0 Å². The Morgan fingerprint density at radius 3 is 2.46 bits per heavy atom. The summed E-state index contributed by atoms with van der Waals surface area (Å²) in [6.07, 6.45) is -0.152. The van der Waals surface area contributed by atoms with E-state index in [2.05, 4.69) is 25.5 Å². The van der Waals surface area contributed by atoms with Crippen molar-refractivity contribution in [3.05, 3.63) is 64.5 Å². The molecule has 0 radical (unpaired) electrons. The molecule has 1 aromatic heterocycles. The van der Waals surface area contributed by atoms with Crippen molar-refractivity contribution >= 4 is 11.7 Å². The SMILES string of the molecule is Cc1nc(CC(=O)NC23CCN(CC2)CC3)c(C2OC=CO2)c(N[C@H](C)c2cc(C#N)cc(C(F)(F)F)c2)n1. The number of halogens is 3. The van der Waals surface area contributed by atoms with E-state index in [1.165, 1.54) is 18.6 Å². The van der Waals surface area contributed by atoms with Crippen LogP contribution >= 0.6 is 0 Å². The molecule has 0 aliphatic carbocycles. The molecule has 1 atom stereocenters. The molecule has 206 valence electrons. The van der Waals surface area contributed by atoms with E-state index in [4.69, 9.17) is 9.47 Å². The van der Waals surface area contributed by atoms with Crippen molar-refractivity contribution < 1.29 is 27.4 Å². The average molecular weight is 543 g/mol. The van der Waals surface area contributed by atoms with Crippen LogP contribution in [0, 0.1) is 18.3 Å². The molecule has 2 aromatic rings. The first-order valence-corrected chi connectivity index (χ1v) is 12.8. The zero-order valence-electron chi connectivity index (χ0n) is 21.6. The number of nitriles is 1. The van der Waals surface area contributed by atoms with Gasteiger partial charge in [-0.1, -0.05) is 0 Å². The minimum Gasteiger partial charge on any atom is -0.455 e. The number of ether oxygens (including phenoxy) is 2. The number of benzene rings is 1. The molecule has 1 amide bonds. The van der Waals surface area contributed by atoms with Crippen LogP contribution in [0.1, 0.15) is 72.3 Å². The van der Waals surface area contributed by atoms with Crippen LogP contribution in [0.3, 0.4) is 0 Å². The summed E-state index contributed by atoms with van der Waals surface area (Å²) in [5.74, 6) is 0.464. The maximum absolute atomic E-state index is 13.5. The van der Waals surface area contributed by atoms with Gasteiger partial charge in [0.05, 0.1) is 40.9 Å². The molecular formula is C27H29F3N6O3. The Bertz CT molecular complexity index is 1310. The molecular weight excluding hydrogens is 513 g/mol. The van der Waals surface area contributed by atoms with E-state index in [1.54, 1.807) is 19.9 Å². The lowest BCUT2D eigenvalue weighted by atomic mass is 9.80. The summed E-state index contributed by atoms with van der Waals surface area (Å²) in [4.78, 5) is 24.7. The van der Waals surface area contributed by atoms with Crippen LogP contribution in [0.5, 0.6) is 0 Å². The van der Waals surface area contributed by atoms with Gasteiger partial charge in [0.25, 0.3) is 6.29 Å². The molecule has 4 aliphatic rings. The van der Waals surface area contributed by atoms with Gasteiger partial charge < -0.3 is 25.0 Å². The van der Waals surface area contributed by atoms with Crippen molar-refractivity contribution in [1.29, 1.82) is 5.26 Å². The summed E-state index contributed by atoms with van der Waals surface area (Å²) < 4.78 is 51.5. The molecule has 3 fully saturated rings. The molecule has 9 nitrogen and oxygen atoms in total. The fraction of sp³-hybridized carbons (Fsp3) is 0.481. The maximum atomic E-state index is 13.5. The Morgan fingerprint density at radius 2 is 1.85 bits per heavy atom. The minimum absolute atomic E-state index is 0.0431. The topological polar surface area (TPSA) is 112 Å². The number of rotatable bonds is 7. The first-order valence-electron chi connectivity index (χ1n) is 12.8. The molecule has 4 aliphatic heterocycles. The Balaban J connectivity index is 1.44. The number of piperidine rings is 3. The summed E-state index contributed by atoms with van der Waals surface area (Å²) in [7, 11) is 0. The van der Waals surface area contributed by atoms with E-state index >= 15 is 0 Å². The molecule has 2 bridgehead atoms. The molecule has 3 saturated heterocycles. The number of amides is 1. The minimum atomic E-state index is -4.61. The first kappa shape index (κ1) is 26.7. The summed E-state index contributed by atoms with van der Waals surface area (Å²) in [5.41, 5.74) is -0.207. The fourth-order valence-electron chi connectivity index (χ4n) is 5.43. The molecule has 5 heterocycles. The largest absolute Gasteiger partial charge is 0.455 e. The third-order valence-electron chi connectivity index (χ3n) is 7.55. The molecule has 12 heteroatoms. The van der Waals surface area contributed by atoms with Crippen LogP contribution in [0.25, 0.3) is 0 Å². The number of aryl methyl sites for hydroxylation is 1. The number of carbonyl (C=O) groups excluding carboxylic acids is 1.